The van der Waals surface area contributed by atoms with Gasteiger partial charge in [0.1, 0.15) is 10.5 Å². The van der Waals surface area contributed by atoms with E-state index in [-0.39, 0.29) is 0 Å². The van der Waals surface area contributed by atoms with Gasteiger partial charge in [-0.1, -0.05) is 58.0 Å². The Bertz CT molecular complexity index is 122. The van der Waals surface area contributed by atoms with Crippen LogP contribution in [0, 0.1) is 0 Å². The van der Waals surface area contributed by atoms with Crippen molar-refractivity contribution in [2.24, 2.45) is 0 Å². The summed E-state index contributed by atoms with van der Waals surface area (Å²) in [4.78, 5) is 0. The molecule has 11 heavy (non-hydrogen) atoms. The second-order valence-electron chi connectivity index (χ2n) is 1.95. The van der Waals surface area contributed by atoms with Gasteiger partial charge in [-0.3, -0.25) is 0 Å². The lowest BCUT2D eigenvalue weighted by atomic mass is 10.3. The first-order chi connectivity index (χ1) is 4.81. The van der Waals surface area contributed by atoms with Gasteiger partial charge < -0.3 is 4.43 Å². The van der Waals surface area contributed by atoms with Crippen molar-refractivity contribution in [1.29, 1.82) is 0 Å². The van der Waals surface area contributed by atoms with Gasteiger partial charge in [-0.2, -0.15) is 0 Å². The van der Waals surface area contributed by atoms with Gasteiger partial charge in [-0.05, 0) is 0 Å². The molecule has 0 amide bonds. The first-order valence-corrected chi connectivity index (χ1v) is 5.45. The molecule has 1 nitrogen and oxygen atoms in total. The molecular weight excluding hydrogens is 269 g/mol. The van der Waals surface area contributed by atoms with Crippen LogP contribution in [-0.2, 0) is 4.43 Å². The highest BCUT2D eigenvalue weighted by atomic mass is 35.6. The first-order valence-electron chi connectivity index (χ1n) is 2.75. The summed E-state index contributed by atoms with van der Waals surface area (Å²) in [5, 5.41) is 0. The Morgan fingerprint density at radius 3 is 1.82 bits per heavy atom. The van der Waals surface area contributed by atoms with Crippen LogP contribution in [0.2, 0.25) is 0 Å². The fourth-order valence-electron chi connectivity index (χ4n) is 0.372. The quantitative estimate of drug-likeness (QED) is 0.567. The molecule has 0 aromatic heterocycles. The number of halogens is 5. The highest BCUT2D eigenvalue weighted by molar-refractivity contribution is 6.75. The van der Waals surface area contributed by atoms with Crippen molar-refractivity contribution < 1.29 is 4.43 Å². The van der Waals surface area contributed by atoms with E-state index in [4.69, 9.17) is 62.4 Å². The van der Waals surface area contributed by atoms with Gasteiger partial charge >= 0.3 is 0 Å². The lowest BCUT2D eigenvalue weighted by Gasteiger charge is -2.26. The number of alkyl halides is 5. The average molecular weight is 276 g/mol. The summed E-state index contributed by atoms with van der Waals surface area (Å²) < 4.78 is 1.82. The molecule has 0 aliphatic rings. The Morgan fingerprint density at radius 1 is 1.09 bits per heavy atom. The molecule has 0 bridgehead atoms. The molecule has 0 N–H and O–H groups in total. The predicted octanol–water partition coefficient (Wildman–Crippen LogP) is 2.22. The highest BCUT2D eigenvalue weighted by Gasteiger charge is 2.45. The van der Waals surface area contributed by atoms with Gasteiger partial charge in [0.15, 0.2) is 4.33 Å². The Balaban J connectivity index is 4.00. The van der Waals surface area contributed by atoms with Gasteiger partial charge in [-0.15, -0.1) is 0 Å². The van der Waals surface area contributed by atoms with Crippen molar-refractivity contribution >= 4 is 68.5 Å². The zero-order valence-corrected chi connectivity index (χ0v) is 11.5. The van der Waals surface area contributed by atoms with E-state index in [0.717, 1.165) is 0 Å². The van der Waals surface area contributed by atoms with Crippen molar-refractivity contribution in [3.05, 3.63) is 0 Å². The Hall–Kier alpha value is 1.63. The van der Waals surface area contributed by atoms with Crippen molar-refractivity contribution in [2.45, 2.75) is 14.5 Å². The maximum atomic E-state index is 5.70. The third-order valence-corrected chi connectivity index (χ3v) is 3.94. The van der Waals surface area contributed by atoms with E-state index in [1.807, 2.05) is 0 Å². The predicted molar refractivity (Wildman–Crippen MR) is 55.2 cm³/mol. The zero-order valence-electron chi connectivity index (χ0n) is 5.71. The van der Waals surface area contributed by atoms with E-state index < -0.39 is 8.13 Å². The summed E-state index contributed by atoms with van der Waals surface area (Å²) in [6, 6.07) is 0. The standard InChI is InChI=1S/C4H7Cl5OSi/c5-3(6,1-2-10-11)4(7,8)9/h1-2H2,11H3. The second-order valence-corrected chi connectivity index (χ2v) is 6.29. The van der Waals surface area contributed by atoms with Crippen molar-refractivity contribution in [1.82, 2.24) is 0 Å². The lowest BCUT2D eigenvalue weighted by molar-refractivity contribution is 0.332. The summed E-state index contributed by atoms with van der Waals surface area (Å²) in [5.74, 6) is 0. The van der Waals surface area contributed by atoms with Crippen molar-refractivity contribution in [2.75, 3.05) is 6.61 Å². The molecule has 0 heterocycles. The van der Waals surface area contributed by atoms with Gasteiger partial charge in [-0.25, -0.2) is 0 Å². The molecule has 7 heteroatoms. The third kappa shape index (κ3) is 4.41. The van der Waals surface area contributed by atoms with Crippen LogP contribution in [0.5, 0.6) is 0 Å². The van der Waals surface area contributed by atoms with Gasteiger partial charge in [0.25, 0.3) is 0 Å². The minimum absolute atomic E-state index is 0.302. The van der Waals surface area contributed by atoms with Crippen LogP contribution < -0.4 is 0 Å². The Kier molecular flexibility index (Phi) is 5.45. The fourth-order valence-corrected chi connectivity index (χ4v) is 1.01. The Labute approximate surface area is 93.8 Å². The van der Waals surface area contributed by atoms with Crippen molar-refractivity contribution in [3.63, 3.8) is 0 Å². The van der Waals surface area contributed by atoms with Gasteiger partial charge in [0.05, 0.1) is 0 Å². The number of hydrogen-bond acceptors (Lipinski definition) is 1. The fraction of sp³-hybridized carbons (Fsp3) is 1.00. The Morgan fingerprint density at radius 2 is 1.55 bits per heavy atom. The molecule has 0 atom stereocenters. The van der Waals surface area contributed by atoms with Crippen LogP contribution in [0.4, 0.5) is 0 Å². The summed E-state index contributed by atoms with van der Waals surface area (Å²) in [6.07, 6.45) is 0.302. The molecule has 0 aliphatic heterocycles. The van der Waals surface area contributed by atoms with Crippen LogP contribution >= 0.6 is 58.0 Å². The molecule has 0 saturated carbocycles. The molecule has 0 radical (unpaired) electrons. The summed E-state index contributed by atoms with van der Waals surface area (Å²) >= 11 is 27.8. The van der Waals surface area contributed by atoms with E-state index >= 15 is 0 Å². The molecule has 0 aromatic rings. The van der Waals surface area contributed by atoms with E-state index in [1.54, 1.807) is 0 Å². The van der Waals surface area contributed by atoms with Gasteiger partial charge in [0, 0.05) is 13.0 Å². The third-order valence-electron chi connectivity index (χ3n) is 1.03. The second kappa shape index (κ2) is 4.75. The smallest absolute Gasteiger partial charge is 0.223 e. The van der Waals surface area contributed by atoms with Crippen LogP contribution in [-0.4, -0.2) is 25.2 Å². The minimum Gasteiger partial charge on any atom is -0.428 e. The van der Waals surface area contributed by atoms with E-state index in [9.17, 15) is 0 Å². The molecule has 0 fully saturated rings. The maximum absolute atomic E-state index is 5.70. The normalized spacial score (nSPS) is 13.9. The van der Waals surface area contributed by atoms with Crippen LogP contribution in [0.25, 0.3) is 0 Å². The maximum Gasteiger partial charge on any atom is 0.223 e. The average Bonchev–Trinajstić information content (AvgIpc) is 1.81. The molecule has 0 aromatic carbocycles. The van der Waals surface area contributed by atoms with Crippen LogP contribution in [0.3, 0.4) is 0 Å². The number of hydrogen-bond donors (Lipinski definition) is 0. The molecule has 68 valence electrons. The molecule has 0 aliphatic carbocycles. The molecule has 0 rings (SSSR count). The monoisotopic (exact) mass is 274 g/mol. The molecule has 0 spiro atoms. The van der Waals surface area contributed by atoms with Crippen LogP contribution in [0.15, 0.2) is 0 Å². The first kappa shape index (κ1) is 12.6. The largest absolute Gasteiger partial charge is 0.428 e. The topological polar surface area (TPSA) is 9.23 Å². The van der Waals surface area contributed by atoms with Gasteiger partial charge in [0.2, 0.25) is 3.79 Å². The zero-order chi connectivity index (χ0) is 9.12. The molecule has 0 saturated heterocycles. The van der Waals surface area contributed by atoms with Crippen molar-refractivity contribution in [3.8, 4) is 0 Å². The van der Waals surface area contributed by atoms with E-state index in [2.05, 4.69) is 0 Å². The lowest BCUT2D eigenvalue weighted by Crippen LogP contribution is -2.32. The van der Waals surface area contributed by atoms with E-state index in [0.29, 0.717) is 23.5 Å². The summed E-state index contributed by atoms with van der Waals surface area (Å²) in [7, 11) is 0.623. The van der Waals surface area contributed by atoms with Crippen LogP contribution in [0.1, 0.15) is 6.42 Å². The summed E-state index contributed by atoms with van der Waals surface area (Å²) in [6.45, 7) is 0.410. The minimum atomic E-state index is -1.67. The molecular formula is C4H7Cl5OSi. The number of rotatable bonds is 3. The SMILES string of the molecule is [SiH3]OCCC(Cl)(Cl)C(Cl)(Cl)Cl. The summed E-state index contributed by atoms with van der Waals surface area (Å²) in [5.41, 5.74) is 0. The highest BCUT2D eigenvalue weighted by Crippen LogP contribution is 2.47. The molecule has 0 unspecified atom stereocenters. The van der Waals surface area contributed by atoms with E-state index in [1.165, 1.54) is 0 Å².